The summed E-state index contributed by atoms with van der Waals surface area (Å²) in [6.07, 6.45) is 0. The van der Waals surface area contributed by atoms with Gasteiger partial charge in [0.15, 0.2) is 0 Å². The van der Waals surface area contributed by atoms with Crippen LogP contribution >= 0.6 is 22.7 Å². The molecule has 0 saturated carbocycles. The number of rotatable bonds is 5. The van der Waals surface area contributed by atoms with Crippen LogP contribution in [0, 0.1) is 12.7 Å². The Bertz CT molecular complexity index is 861. The molecule has 2 heterocycles. The van der Waals surface area contributed by atoms with E-state index in [1.807, 2.05) is 6.92 Å². The summed E-state index contributed by atoms with van der Waals surface area (Å²) in [7, 11) is 1.56. The summed E-state index contributed by atoms with van der Waals surface area (Å²) in [5, 5.41) is 12.3. The lowest BCUT2D eigenvalue weighted by Crippen LogP contribution is -2.13. The molecule has 0 aliphatic rings. The van der Waals surface area contributed by atoms with Crippen molar-refractivity contribution in [1.82, 2.24) is 15.2 Å². The minimum atomic E-state index is -0.376. The molecule has 0 fully saturated rings. The number of aryl methyl sites for hydroxylation is 1. The number of methoxy groups -OCH3 is 1. The lowest BCUT2D eigenvalue weighted by Gasteiger charge is -2.02. The molecule has 0 atom stereocenters. The number of hydrogen-bond acceptors (Lipinski definition) is 7. The number of ether oxygens (including phenoxy) is 1. The SMILES string of the molecule is COCc1nnc(NC(=O)c2nc(C)sc2-c2ccc(F)cc2)s1. The molecule has 0 aliphatic carbocycles. The van der Waals surface area contributed by atoms with Gasteiger partial charge in [0.2, 0.25) is 5.13 Å². The van der Waals surface area contributed by atoms with Crippen LogP contribution < -0.4 is 5.32 Å². The summed E-state index contributed by atoms with van der Waals surface area (Å²) in [5.41, 5.74) is 1.03. The number of nitrogens with zero attached hydrogens (tertiary/aromatic N) is 3. The summed E-state index contributed by atoms with van der Waals surface area (Å²) in [6, 6.07) is 5.96. The number of hydrogen-bond donors (Lipinski definition) is 1. The summed E-state index contributed by atoms with van der Waals surface area (Å²) >= 11 is 2.62. The first-order valence-corrected chi connectivity index (χ1v) is 8.56. The number of amides is 1. The molecule has 1 aromatic carbocycles. The van der Waals surface area contributed by atoms with Crippen molar-refractivity contribution >= 4 is 33.7 Å². The summed E-state index contributed by atoms with van der Waals surface area (Å²) < 4.78 is 18.1. The lowest BCUT2D eigenvalue weighted by molar-refractivity contribution is 0.102. The zero-order valence-electron chi connectivity index (χ0n) is 12.9. The van der Waals surface area contributed by atoms with Crippen molar-refractivity contribution in [2.24, 2.45) is 0 Å². The van der Waals surface area contributed by atoms with Gasteiger partial charge in [-0.3, -0.25) is 10.1 Å². The van der Waals surface area contributed by atoms with Crippen LogP contribution in [0.15, 0.2) is 24.3 Å². The van der Waals surface area contributed by atoms with Gasteiger partial charge >= 0.3 is 0 Å². The molecule has 3 rings (SSSR count). The van der Waals surface area contributed by atoms with Gasteiger partial charge in [0.25, 0.3) is 5.91 Å². The van der Waals surface area contributed by atoms with E-state index < -0.39 is 0 Å². The van der Waals surface area contributed by atoms with Crippen molar-refractivity contribution in [3.8, 4) is 10.4 Å². The molecule has 0 bridgehead atoms. The molecule has 0 unspecified atom stereocenters. The average Bonchev–Trinajstić information content (AvgIpc) is 3.15. The van der Waals surface area contributed by atoms with E-state index in [-0.39, 0.29) is 17.4 Å². The molecule has 0 aliphatic heterocycles. The monoisotopic (exact) mass is 364 g/mol. The quantitative estimate of drug-likeness (QED) is 0.750. The van der Waals surface area contributed by atoms with Gasteiger partial charge in [0.05, 0.1) is 9.88 Å². The van der Waals surface area contributed by atoms with Crippen molar-refractivity contribution < 1.29 is 13.9 Å². The Labute approximate surface area is 145 Å². The molecular weight excluding hydrogens is 351 g/mol. The van der Waals surface area contributed by atoms with Gasteiger partial charge < -0.3 is 4.74 Å². The van der Waals surface area contributed by atoms with E-state index in [0.29, 0.717) is 21.6 Å². The van der Waals surface area contributed by atoms with E-state index in [4.69, 9.17) is 4.74 Å². The fourth-order valence-electron chi connectivity index (χ4n) is 2.02. The second kappa shape index (κ2) is 7.12. The third-order valence-electron chi connectivity index (χ3n) is 3.01. The Hall–Kier alpha value is -2.23. The van der Waals surface area contributed by atoms with E-state index >= 15 is 0 Å². The van der Waals surface area contributed by atoms with Gasteiger partial charge in [0.1, 0.15) is 23.1 Å². The van der Waals surface area contributed by atoms with E-state index in [9.17, 15) is 9.18 Å². The minimum Gasteiger partial charge on any atom is -0.377 e. The van der Waals surface area contributed by atoms with E-state index in [1.54, 1.807) is 19.2 Å². The minimum absolute atomic E-state index is 0.285. The van der Waals surface area contributed by atoms with Crippen molar-refractivity contribution in [1.29, 1.82) is 0 Å². The Morgan fingerprint density at radius 2 is 2.00 bits per heavy atom. The van der Waals surface area contributed by atoms with Crippen LogP contribution in [-0.2, 0) is 11.3 Å². The van der Waals surface area contributed by atoms with Gasteiger partial charge in [-0.05, 0) is 24.6 Å². The highest BCUT2D eigenvalue weighted by Gasteiger charge is 2.20. The van der Waals surface area contributed by atoms with Crippen molar-refractivity contribution in [3.05, 3.63) is 45.8 Å². The van der Waals surface area contributed by atoms with Gasteiger partial charge in [-0.2, -0.15) is 0 Å². The molecule has 124 valence electrons. The Morgan fingerprint density at radius 1 is 1.25 bits per heavy atom. The third kappa shape index (κ3) is 3.64. The molecule has 3 aromatic rings. The van der Waals surface area contributed by atoms with Crippen LogP contribution in [0.3, 0.4) is 0 Å². The van der Waals surface area contributed by atoms with E-state index in [1.165, 1.54) is 34.8 Å². The van der Waals surface area contributed by atoms with Crippen LogP contribution in [0.4, 0.5) is 9.52 Å². The van der Waals surface area contributed by atoms with Crippen molar-refractivity contribution in [3.63, 3.8) is 0 Å². The molecule has 1 amide bonds. The fourth-order valence-corrected chi connectivity index (χ4v) is 3.65. The van der Waals surface area contributed by atoms with E-state index in [2.05, 4.69) is 20.5 Å². The number of benzene rings is 1. The van der Waals surface area contributed by atoms with Gasteiger partial charge in [-0.15, -0.1) is 21.5 Å². The number of carbonyl (C=O) groups is 1. The van der Waals surface area contributed by atoms with Crippen LogP contribution in [0.1, 0.15) is 20.5 Å². The highest BCUT2D eigenvalue weighted by molar-refractivity contribution is 7.16. The summed E-state index contributed by atoms with van der Waals surface area (Å²) in [4.78, 5) is 17.5. The lowest BCUT2D eigenvalue weighted by atomic mass is 10.1. The normalized spacial score (nSPS) is 10.8. The van der Waals surface area contributed by atoms with Gasteiger partial charge in [0, 0.05) is 7.11 Å². The molecule has 2 aromatic heterocycles. The van der Waals surface area contributed by atoms with Gasteiger partial charge in [-0.1, -0.05) is 23.5 Å². The molecule has 0 saturated heterocycles. The number of halogens is 1. The molecular formula is C15H13FN4O2S2. The highest BCUT2D eigenvalue weighted by atomic mass is 32.1. The Kier molecular flexibility index (Phi) is 4.93. The molecule has 1 N–H and O–H groups in total. The predicted molar refractivity (Wildman–Crippen MR) is 90.8 cm³/mol. The Morgan fingerprint density at radius 3 is 2.71 bits per heavy atom. The topological polar surface area (TPSA) is 77.0 Å². The van der Waals surface area contributed by atoms with Crippen LogP contribution in [0.5, 0.6) is 0 Å². The Balaban J connectivity index is 1.85. The van der Waals surface area contributed by atoms with Crippen molar-refractivity contribution in [2.75, 3.05) is 12.4 Å². The highest BCUT2D eigenvalue weighted by Crippen LogP contribution is 2.31. The first-order chi connectivity index (χ1) is 11.6. The maximum Gasteiger partial charge on any atom is 0.277 e. The maximum atomic E-state index is 13.1. The molecule has 24 heavy (non-hydrogen) atoms. The third-order valence-corrected chi connectivity index (χ3v) is 4.84. The number of thiazole rings is 1. The van der Waals surface area contributed by atoms with Crippen molar-refractivity contribution in [2.45, 2.75) is 13.5 Å². The molecule has 6 nitrogen and oxygen atoms in total. The smallest absolute Gasteiger partial charge is 0.277 e. The second-order valence-corrected chi connectivity index (χ2v) is 7.07. The molecule has 0 spiro atoms. The molecule has 9 heteroatoms. The summed E-state index contributed by atoms with van der Waals surface area (Å²) in [6.45, 7) is 2.15. The number of nitrogens with one attached hydrogen (secondary N) is 1. The van der Waals surface area contributed by atoms with Crippen LogP contribution in [-0.4, -0.2) is 28.2 Å². The number of carbonyl (C=O) groups excluding carboxylic acids is 1. The number of anilines is 1. The van der Waals surface area contributed by atoms with Crippen LogP contribution in [0.2, 0.25) is 0 Å². The summed E-state index contributed by atoms with van der Waals surface area (Å²) in [5.74, 6) is -0.704. The standard InChI is InChI=1S/C15H13FN4O2S2/c1-8-17-12(13(23-8)9-3-5-10(16)6-4-9)14(21)18-15-20-19-11(24-15)7-22-2/h3-6H,7H2,1-2H3,(H,18,20,21). The zero-order chi connectivity index (χ0) is 17.1. The fraction of sp³-hybridized carbons (Fsp3) is 0.200. The molecule has 0 radical (unpaired) electrons. The zero-order valence-corrected chi connectivity index (χ0v) is 14.5. The first-order valence-electron chi connectivity index (χ1n) is 6.93. The maximum absolute atomic E-state index is 13.1. The number of aromatic nitrogens is 3. The van der Waals surface area contributed by atoms with Crippen LogP contribution in [0.25, 0.3) is 10.4 Å². The van der Waals surface area contributed by atoms with E-state index in [0.717, 1.165) is 10.6 Å². The van der Waals surface area contributed by atoms with Gasteiger partial charge in [-0.25, -0.2) is 9.37 Å². The second-order valence-electron chi connectivity index (χ2n) is 4.81. The largest absolute Gasteiger partial charge is 0.377 e. The predicted octanol–water partition coefficient (Wildman–Crippen LogP) is 3.51. The average molecular weight is 364 g/mol. The first kappa shape index (κ1) is 16.6.